The number of likely N-dealkylation sites (N-methyl/N-ethyl adjacent to an activating group) is 1. The van der Waals surface area contributed by atoms with E-state index in [-0.39, 0.29) is 0 Å². The number of nitrogens with zero attached hydrogens (tertiary/aromatic N) is 1. The lowest BCUT2D eigenvalue weighted by Gasteiger charge is -2.19. The van der Waals surface area contributed by atoms with Crippen LogP contribution in [-0.4, -0.2) is 38.1 Å². The van der Waals surface area contributed by atoms with Crippen LogP contribution in [0.15, 0.2) is 12.2 Å². The molecule has 0 saturated heterocycles. The monoisotopic (exact) mass is 352 g/mol. The van der Waals surface area contributed by atoms with Gasteiger partial charge in [-0.15, -0.1) is 0 Å². The second-order valence-corrected chi connectivity index (χ2v) is 7.95. The first kappa shape index (κ1) is 24.7. The first-order valence-corrected chi connectivity index (χ1v) is 11.2. The third-order valence-corrected chi connectivity index (χ3v) is 5.19. The van der Waals surface area contributed by atoms with Gasteiger partial charge < -0.3 is 10.2 Å². The molecule has 0 rings (SSSR count). The molecule has 0 radical (unpaired) electrons. The van der Waals surface area contributed by atoms with Crippen LogP contribution in [0.2, 0.25) is 0 Å². The Morgan fingerprint density at radius 3 is 1.72 bits per heavy atom. The van der Waals surface area contributed by atoms with Crippen molar-refractivity contribution < 1.29 is 0 Å². The van der Waals surface area contributed by atoms with Crippen molar-refractivity contribution in [2.24, 2.45) is 0 Å². The molecule has 0 bridgehead atoms. The third-order valence-electron chi connectivity index (χ3n) is 5.19. The minimum Gasteiger partial charge on any atom is -0.315 e. The summed E-state index contributed by atoms with van der Waals surface area (Å²) >= 11 is 0. The molecule has 0 aromatic rings. The quantitative estimate of drug-likeness (QED) is 0.209. The van der Waals surface area contributed by atoms with Crippen LogP contribution in [0.5, 0.6) is 0 Å². The SMILES string of the molecule is CCCCCCCC/C=C\CCCCCCCCNCC(C)N(C)C. The van der Waals surface area contributed by atoms with Crippen LogP contribution in [0, 0.1) is 0 Å². The van der Waals surface area contributed by atoms with Gasteiger partial charge in [-0.3, -0.25) is 0 Å². The van der Waals surface area contributed by atoms with Gasteiger partial charge in [0.15, 0.2) is 0 Å². The smallest absolute Gasteiger partial charge is 0.0186 e. The maximum atomic E-state index is 3.57. The molecule has 1 N–H and O–H groups in total. The highest BCUT2D eigenvalue weighted by atomic mass is 15.1. The Kier molecular flexibility index (Phi) is 19.7. The van der Waals surface area contributed by atoms with Crippen LogP contribution < -0.4 is 5.32 Å². The molecule has 150 valence electrons. The van der Waals surface area contributed by atoms with Gasteiger partial charge in [-0.25, -0.2) is 0 Å². The van der Waals surface area contributed by atoms with Crippen molar-refractivity contribution >= 4 is 0 Å². The molecule has 1 atom stereocenters. The van der Waals surface area contributed by atoms with Crippen molar-refractivity contribution in [2.45, 2.75) is 110 Å². The summed E-state index contributed by atoms with van der Waals surface area (Å²) in [6, 6.07) is 0.633. The molecule has 2 heteroatoms. The van der Waals surface area contributed by atoms with Gasteiger partial charge in [-0.2, -0.15) is 0 Å². The van der Waals surface area contributed by atoms with Crippen molar-refractivity contribution in [1.29, 1.82) is 0 Å². The second-order valence-electron chi connectivity index (χ2n) is 7.95. The van der Waals surface area contributed by atoms with Gasteiger partial charge in [-0.05, 0) is 59.7 Å². The predicted octanol–water partition coefficient (Wildman–Crippen LogP) is 6.56. The molecule has 0 aromatic heterocycles. The molecule has 2 nitrogen and oxygen atoms in total. The highest BCUT2D eigenvalue weighted by Gasteiger charge is 2.02. The Balaban J connectivity index is 3.12. The molecule has 0 aliphatic heterocycles. The molecule has 0 fully saturated rings. The van der Waals surface area contributed by atoms with E-state index >= 15 is 0 Å². The van der Waals surface area contributed by atoms with Crippen LogP contribution in [0.1, 0.15) is 104 Å². The topological polar surface area (TPSA) is 15.3 Å². The fourth-order valence-corrected chi connectivity index (χ4v) is 2.99. The molecule has 25 heavy (non-hydrogen) atoms. The fourth-order valence-electron chi connectivity index (χ4n) is 2.99. The normalized spacial score (nSPS) is 13.2. The molecule has 0 saturated carbocycles. The van der Waals surface area contributed by atoms with Crippen LogP contribution in [-0.2, 0) is 0 Å². The van der Waals surface area contributed by atoms with Crippen LogP contribution in [0.4, 0.5) is 0 Å². The maximum absolute atomic E-state index is 3.57. The second kappa shape index (κ2) is 20.0. The van der Waals surface area contributed by atoms with Crippen molar-refractivity contribution in [1.82, 2.24) is 10.2 Å². The Morgan fingerprint density at radius 1 is 0.720 bits per heavy atom. The van der Waals surface area contributed by atoms with E-state index in [9.17, 15) is 0 Å². The molecule has 0 heterocycles. The summed E-state index contributed by atoms with van der Waals surface area (Å²) in [4.78, 5) is 2.27. The van der Waals surface area contributed by atoms with Crippen molar-refractivity contribution in [3.8, 4) is 0 Å². The molecule has 0 aliphatic rings. The van der Waals surface area contributed by atoms with Crippen LogP contribution in [0.3, 0.4) is 0 Å². The predicted molar refractivity (Wildman–Crippen MR) is 115 cm³/mol. The first-order chi connectivity index (χ1) is 12.2. The van der Waals surface area contributed by atoms with E-state index in [1.165, 1.54) is 96.4 Å². The van der Waals surface area contributed by atoms with Crippen molar-refractivity contribution in [2.75, 3.05) is 27.2 Å². The summed E-state index contributed by atoms with van der Waals surface area (Å²) in [5.41, 5.74) is 0. The van der Waals surface area contributed by atoms with E-state index in [0.717, 1.165) is 6.54 Å². The largest absolute Gasteiger partial charge is 0.315 e. The van der Waals surface area contributed by atoms with Gasteiger partial charge in [0, 0.05) is 12.6 Å². The lowest BCUT2D eigenvalue weighted by molar-refractivity contribution is 0.302. The van der Waals surface area contributed by atoms with Gasteiger partial charge in [0.25, 0.3) is 0 Å². The number of nitrogens with one attached hydrogen (secondary N) is 1. The summed E-state index contributed by atoms with van der Waals surface area (Å²) in [6.45, 7) is 6.85. The van der Waals surface area contributed by atoms with Gasteiger partial charge >= 0.3 is 0 Å². The number of hydrogen-bond acceptors (Lipinski definition) is 2. The summed E-state index contributed by atoms with van der Waals surface area (Å²) in [5.74, 6) is 0. The first-order valence-electron chi connectivity index (χ1n) is 11.2. The highest BCUT2D eigenvalue weighted by Crippen LogP contribution is 2.09. The fraction of sp³-hybridized carbons (Fsp3) is 0.913. The van der Waals surface area contributed by atoms with E-state index in [1.54, 1.807) is 0 Å². The lowest BCUT2D eigenvalue weighted by atomic mass is 10.1. The maximum Gasteiger partial charge on any atom is 0.0186 e. The Morgan fingerprint density at radius 2 is 1.20 bits per heavy atom. The summed E-state index contributed by atoms with van der Waals surface area (Å²) < 4.78 is 0. The molecule has 0 aliphatic carbocycles. The average molecular weight is 353 g/mol. The standard InChI is InChI=1S/C23H48N2/c1-5-6-7-8-9-10-11-12-13-14-15-16-17-18-19-20-21-24-22-23(2)25(3)4/h12-13,23-24H,5-11,14-22H2,1-4H3/b13-12-. The zero-order chi connectivity index (χ0) is 18.6. The van der Waals surface area contributed by atoms with Gasteiger partial charge in [-0.1, -0.05) is 76.9 Å². The number of rotatable bonds is 19. The summed E-state index contributed by atoms with van der Waals surface area (Å²) in [7, 11) is 4.30. The average Bonchev–Trinajstić information content (AvgIpc) is 2.60. The van der Waals surface area contributed by atoms with E-state index in [0.29, 0.717) is 6.04 Å². The van der Waals surface area contributed by atoms with E-state index < -0.39 is 0 Å². The lowest BCUT2D eigenvalue weighted by Crippen LogP contribution is -2.35. The zero-order valence-corrected chi connectivity index (χ0v) is 18.0. The van der Waals surface area contributed by atoms with Crippen LogP contribution in [0.25, 0.3) is 0 Å². The van der Waals surface area contributed by atoms with E-state index in [2.05, 4.69) is 50.3 Å². The molecular weight excluding hydrogens is 304 g/mol. The van der Waals surface area contributed by atoms with E-state index in [1.807, 2.05) is 0 Å². The minimum atomic E-state index is 0.633. The van der Waals surface area contributed by atoms with Gasteiger partial charge in [0.2, 0.25) is 0 Å². The van der Waals surface area contributed by atoms with Crippen LogP contribution >= 0.6 is 0 Å². The van der Waals surface area contributed by atoms with E-state index in [4.69, 9.17) is 0 Å². The number of hydrogen-bond donors (Lipinski definition) is 1. The third kappa shape index (κ3) is 19.8. The highest BCUT2D eigenvalue weighted by molar-refractivity contribution is 4.81. The Bertz CT molecular complexity index is 273. The van der Waals surface area contributed by atoms with Crippen molar-refractivity contribution in [3.05, 3.63) is 12.2 Å². The van der Waals surface area contributed by atoms with Gasteiger partial charge in [0.05, 0.1) is 0 Å². The summed E-state index contributed by atoms with van der Waals surface area (Å²) in [6.07, 6.45) is 24.2. The molecule has 0 spiro atoms. The minimum absolute atomic E-state index is 0.633. The van der Waals surface area contributed by atoms with Crippen molar-refractivity contribution in [3.63, 3.8) is 0 Å². The number of allylic oxidation sites excluding steroid dienone is 2. The molecule has 1 unspecified atom stereocenters. The molecule has 0 aromatic carbocycles. The zero-order valence-electron chi connectivity index (χ0n) is 18.0. The number of unbranched alkanes of at least 4 members (excludes halogenated alkanes) is 12. The molecular formula is C23H48N2. The Hall–Kier alpha value is -0.340. The Labute approximate surface area is 159 Å². The van der Waals surface area contributed by atoms with Gasteiger partial charge in [0.1, 0.15) is 0 Å². The molecule has 0 amide bonds. The summed E-state index contributed by atoms with van der Waals surface area (Å²) in [5, 5.41) is 3.57.